The van der Waals surface area contributed by atoms with Crippen LogP contribution in [0.15, 0.2) is 18.2 Å². The fraction of sp³-hybridized carbons (Fsp3) is 0.500. The van der Waals surface area contributed by atoms with Crippen molar-refractivity contribution in [3.05, 3.63) is 23.8 Å². The van der Waals surface area contributed by atoms with Crippen LogP contribution in [0.25, 0.3) is 0 Å². The molecule has 1 aliphatic rings. The number of hydrogen-bond donors (Lipinski definition) is 2. The largest absolute Gasteiger partial charge is 0.385 e. The van der Waals surface area contributed by atoms with Gasteiger partial charge in [0, 0.05) is 24.3 Å². The third-order valence-corrected chi connectivity index (χ3v) is 3.80. The van der Waals surface area contributed by atoms with E-state index in [0.29, 0.717) is 6.42 Å². The molecule has 0 atom stereocenters. The maximum absolute atomic E-state index is 11.3. The molecule has 0 aliphatic carbocycles. The Morgan fingerprint density at radius 3 is 3.06 bits per heavy atom. The molecule has 2 N–H and O–H groups in total. The van der Waals surface area contributed by atoms with E-state index in [1.807, 2.05) is 23.9 Å². The summed E-state index contributed by atoms with van der Waals surface area (Å²) in [7, 11) is 0. The summed E-state index contributed by atoms with van der Waals surface area (Å²) in [6, 6.07) is 6.19. The van der Waals surface area contributed by atoms with Crippen LogP contribution in [0, 0.1) is 0 Å². The monoisotopic (exact) mass is 264 g/mol. The van der Waals surface area contributed by atoms with Gasteiger partial charge in [0.1, 0.15) is 0 Å². The molecule has 0 saturated carbocycles. The SMILES string of the molecule is CSCCCCNc1ccc2c(c1)CCC(=O)N2. The van der Waals surface area contributed by atoms with E-state index in [0.717, 1.165) is 24.3 Å². The lowest BCUT2D eigenvalue weighted by molar-refractivity contribution is -0.116. The predicted octanol–water partition coefficient (Wildman–Crippen LogP) is 3.13. The molecule has 3 nitrogen and oxygen atoms in total. The lowest BCUT2D eigenvalue weighted by Crippen LogP contribution is -2.19. The molecule has 4 heteroatoms. The van der Waals surface area contributed by atoms with E-state index in [2.05, 4.69) is 23.0 Å². The molecule has 1 aromatic rings. The number of aryl methyl sites for hydroxylation is 1. The minimum Gasteiger partial charge on any atom is -0.385 e. The first kappa shape index (κ1) is 13.3. The molecule has 1 aliphatic heterocycles. The van der Waals surface area contributed by atoms with Crippen LogP contribution in [0.1, 0.15) is 24.8 Å². The van der Waals surface area contributed by atoms with Crippen molar-refractivity contribution in [2.24, 2.45) is 0 Å². The minimum absolute atomic E-state index is 0.125. The van der Waals surface area contributed by atoms with Crippen molar-refractivity contribution in [1.29, 1.82) is 0 Å². The average molecular weight is 264 g/mol. The zero-order chi connectivity index (χ0) is 12.8. The van der Waals surface area contributed by atoms with Gasteiger partial charge in [-0.15, -0.1) is 0 Å². The van der Waals surface area contributed by atoms with E-state index in [1.165, 1.54) is 24.2 Å². The fourth-order valence-corrected chi connectivity index (χ4v) is 2.59. The zero-order valence-electron chi connectivity index (χ0n) is 10.8. The molecule has 0 radical (unpaired) electrons. The molecule has 2 rings (SSSR count). The van der Waals surface area contributed by atoms with Crippen molar-refractivity contribution in [2.45, 2.75) is 25.7 Å². The molecule has 0 spiro atoms. The third-order valence-electron chi connectivity index (χ3n) is 3.11. The Morgan fingerprint density at radius 2 is 2.22 bits per heavy atom. The maximum Gasteiger partial charge on any atom is 0.224 e. The second-order valence-corrected chi connectivity index (χ2v) is 5.53. The number of amides is 1. The second kappa shape index (κ2) is 6.69. The van der Waals surface area contributed by atoms with Gasteiger partial charge in [0.2, 0.25) is 5.91 Å². The number of nitrogens with one attached hydrogen (secondary N) is 2. The molecule has 1 amide bonds. The lowest BCUT2D eigenvalue weighted by atomic mass is 10.0. The van der Waals surface area contributed by atoms with Gasteiger partial charge in [0.05, 0.1) is 0 Å². The number of carbonyl (C=O) groups excluding carboxylic acids is 1. The normalized spacial score (nSPS) is 13.9. The van der Waals surface area contributed by atoms with E-state index in [9.17, 15) is 4.79 Å². The molecule has 18 heavy (non-hydrogen) atoms. The van der Waals surface area contributed by atoms with Crippen molar-refractivity contribution in [1.82, 2.24) is 0 Å². The van der Waals surface area contributed by atoms with E-state index in [1.54, 1.807) is 0 Å². The van der Waals surface area contributed by atoms with Gasteiger partial charge >= 0.3 is 0 Å². The van der Waals surface area contributed by atoms with Crippen molar-refractivity contribution in [3.63, 3.8) is 0 Å². The first-order chi connectivity index (χ1) is 8.79. The van der Waals surface area contributed by atoms with Crippen LogP contribution >= 0.6 is 11.8 Å². The first-order valence-corrected chi connectivity index (χ1v) is 7.84. The highest BCUT2D eigenvalue weighted by Crippen LogP contribution is 2.25. The molecule has 0 fully saturated rings. The molecule has 1 heterocycles. The Labute approximate surface area is 113 Å². The van der Waals surface area contributed by atoms with E-state index < -0.39 is 0 Å². The van der Waals surface area contributed by atoms with Crippen LogP contribution in [0.4, 0.5) is 11.4 Å². The average Bonchev–Trinajstić information content (AvgIpc) is 2.38. The van der Waals surface area contributed by atoms with Gasteiger partial charge in [-0.3, -0.25) is 4.79 Å². The topological polar surface area (TPSA) is 41.1 Å². The van der Waals surface area contributed by atoms with Crippen LogP contribution in [-0.2, 0) is 11.2 Å². The molecular formula is C14H20N2OS. The Hall–Kier alpha value is -1.16. The number of benzene rings is 1. The van der Waals surface area contributed by atoms with Gasteiger partial charge in [0.25, 0.3) is 0 Å². The van der Waals surface area contributed by atoms with Crippen molar-refractivity contribution in [2.75, 3.05) is 29.2 Å². The van der Waals surface area contributed by atoms with E-state index in [-0.39, 0.29) is 5.91 Å². The standard InChI is InChI=1S/C14H20N2OS/c1-18-9-3-2-8-15-12-5-6-13-11(10-12)4-7-14(17)16-13/h5-6,10,15H,2-4,7-9H2,1H3,(H,16,17). The number of thioether (sulfide) groups is 1. The Bertz CT molecular complexity index is 420. The van der Waals surface area contributed by atoms with E-state index in [4.69, 9.17) is 0 Å². The van der Waals surface area contributed by atoms with Crippen LogP contribution in [0.5, 0.6) is 0 Å². The summed E-state index contributed by atoms with van der Waals surface area (Å²) in [5.74, 6) is 1.36. The molecule has 98 valence electrons. The Morgan fingerprint density at radius 1 is 1.33 bits per heavy atom. The van der Waals surface area contributed by atoms with Gasteiger partial charge in [0.15, 0.2) is 0 Å². The first-order valence-electron chi connectivity index (χ1n) is 6.45. The zero-order valence-corrected chi connectivity index (χ0v) is 11.6. The van der Waals surface area contributed by atoms with Crippen LogP contribution in [-0.4, -0.2) is 24.5 Å². The number of unbranched alkanes of at least 4 members (excludes halogenated alkanes) is 1. The van der Waals surface area contributed by atoms with Gasteiger partial charge in [-0.25, -0.2) is 0 Å². The number of rotatable bonds is 6. The minimum atomic E-state index is 0.125. The van der Waals surface area contributed by atoms with Crippen LogP contribution in [0.3, 0.4) is 0 Å². The summed E-state index contributed by atoms with van der Waals surface area (Å²) >= 11 is 1.90. The molecule has 1 aromatic carbocycles. The van der Waals surface area contributed by atoms with Crippen molar-refractivity contribution >= 4 is 29.0 Å². The van der Waals surface area contributed by atoms with Gasteiger partial charge in [-0.2, -0.15) is 11.8 Å². The maximum atomic E-state index is 11.3. The molecule has 0 saturated heterocycles. The predicted molar refractivity (Wildman–Crippen MR) is 79.5 cm³/mol. The van der Waals surface area contributed by atoms with E-state index >= 15 is 0 Å². The van der Waals surface area contributed by atoms with Gasteiger partial charge in [-0.05, 0) is 55.0 Å². The lowest BCUT2D eigenvalue weighted by Gasteiger charge is -2.18. The summed E-state index contributed by atoms with van der Waals surface area (Å²) in [6.07, 6.45) is 6.06. The number of hydrogen-bond acceptors (Lipinski definition) is 3. The summed E-state index contributed by atoms with van der Waals surface area (Å²) in [5.41, 5.74) is 3.37. The highest BCUT2D eigenvalue weighted by Gasteiger charge is 2.14. The van der Waals surface area contributed by atoms with Gasteiger partial charge in [-0.1, -0.05) is 0 Å². The summed E-state index contributed by atoms with van der Waals surface area (Å²) in [4.78, 5) is 11.3. The Kier molecular flexibility index (Phi) is 4.93. The quantitative estimate of drug-likeness (QED) is 0.776. The van der Waals surface area contributed by atoms with Crippen LogP contribution < -0.4 is 10.6 Å². The molecule has 0 aromatic heterocycles. The molecule has 0 bridgehead atoms. The highest BCUT2D eigenvalue weighted by atomic mass is 32.2. The van der Waals surface area contributed by atoms with Crippen molar-refractivity contribution in [3.8, 4) is 0 Å². The molecule has 0 unspecified atom stereocenters. The third kappa shape index (κ3) is 3.67. The molecular weight excluding hydrogens is 244 g/mol. The number of carbonyl (C=O) groups is 1. The Balaban J connectivity index is 1.85. The number of anilines is 2. The van der Waals surface area contributed by atoms with Gasteiger partial charge < -0.3 is 10.6 Å². The summed E-state index contributed by atoms with van der Waals surface area (Å²) in [5, 5.41) is 6.34. The van der Waals surface area contributed by atoms with Crippen molar-refractivity contribution < 1.29 is 4.79 Å². The summed E-state index contributed by atoms with van der Waals surface area (Å²) in [6.45, 7) is 1.02. The highest BCUT2D eigenvalue weighted by molar-refractivity contribution is 7.98. The summed E-state index contributed by atoms with van der Waals surface area (Å²) < 4.78 is 0. The fourth-order valence-electron chi connectivity index (χ4n) is 2.10. The number of fused-ring (bicyclic) bond motifs is 1. The second-order valence-electron chi connectivity index (χ2n) is 4.55. The van der Waals surface area contributed by atoms with Crippen LogP contribution in [0.2, 0.25) is 0 Å². The smallest absolute Gasteiger partial charge is 0.224 e.